The predicted octanol–water partition coefficient (Wildman–Crippen LogP) is 1.86. The molecule has 0 bridgehead atoms. The van der Waals surface area contributed by atoms with Crippen molar-refractivity contribution in [2.45, 2.75) is 63.8 Å². The van der Waals surface area contributed by atoms with Gasteiger partial charge in [-0.1, -0.05) is 0 Å². The second-order valence-electron chi connectivity index (χ2n) is 6.01. The summed E-state index contributed by atoms with van der Waals surface area (Å²) in [4.78, 5) is 10.6. The molecule has 4 atom stereocenters. The molecule has 0 spiro atoms. The van der Waals surface area contributed by atoms with Crippen LogP contribution in [0.2, 0.25) is 0 Å². The first kappa shape index (κ1) is 15.6. The monoisotopic (exact) mass is 276 g/mol. The van der Waals surface area contributed by atoms with Gasteiger partial charge in [0.15, 0.2) is 0 Å². The van der Waals surface area contributed by atoms with E-state index >= 15 is 0 Å². The summed E-state index contributed by atoms with van der Waals surface area (Å²) >= 11 is -1.07. The van der Waals surface area contributed by atoms with E-state index in [2.05, 4.69) is 10.0 Å². The van der Waals surface area contributed by atoms with Crippen molar-refractivity contribution in [2.75, 3.05) is 0 Å². The van der Waals surface area contributed by atoms with Crippen LogP contribution < -0.4 is 10.0 Å². The average Bonchev–Trinajstić information content (AvgIpc) is 2.63. The molecule has 6 heteroatoms. The van der Waals surface area contributed by atoms with Gasteiger partial charge in [-0.25, -0.2) is 4.79 Å². The largest absolute Gasteiger partial charge is 0.598 e. The molecule has 1 saturated carbocycles. The van der Waals surface area contributed by atoms with Crippen molar-refractivity contribution in [2.24, 2.45) is 5.92 Å². The summed E-state index contributed by atoms with van der Waals surface area (Å²) in [6, 6.07) is 0.186. The molecule has 0 radical (unpaired) electrons. The van der Waals surface area contributed by atoms with Crippen LogP contribution in [0.3, 0.4) is 0 Å². The first-order valence-corrected chi connectivity index (χ1v) is 7.52. The first-order valence-electron chi connectivity index (χ1n) is 6.37. The van der Waals surface area contributed by atoms with E-state index in [0.29, 0.717) is 5.92 Å². The van der Waals surface area contributed by atoms with Gasteiger partial charge in [-0.2, -0.15) is 0 Å². The Morgan fingerprint density at radius 2 is 2.06 bits per heavy atom. The van der Waals surface area contributed by atoms with E-state index in [9.17, 15) is 9.35 Å². The standard InChI is InChI=1S/C12H24N2O3S/c1-8(14-18(17)12(2,3)4)9-5-6-10(7-9)13-11(15)16/h8-10,13-14H,5-7H2,1-4H3,(H,15,16)/t8?,9-,10+,18?/m1/s1. The third-order valence-corrected chi connectivity index (χ3v) is 5.06. The van der Waals surface area contributed by atoms with Gasteiger partial charge in [0.1, 0.15) is 4.75 Å². The molecule has 0 aliphatic heterocycles. The molecule has 1 amide bonds. The van der Waals surface area contributed by atoms with Crippen molar-refractivity contribution in [1.29, 1.82) is 0 Å². The van der Waals surface area contributed by atoms with Gasteiger partial charge in [0.05, 0.1) is 6.04 Å². The van der Waals surface area contributed by atoms with Gasteiger partial charge in [0.2, 0.25) is 0 Å². The Labute approximate surface area is 112 Å². The Bertz CT molecular complexity index is 294. The van der Waals surface area contributed by atoms with E-state index in [0.717, 1.165) is 19.3 Å². The number of hydrogen-bond acceptors (Lipinski definition) is 3. The fourth-order valence-corrected chi connectivity index (χ4v) is 3.10. The lowest BCUT2D eigenvalue weighted by Gasteiger charge is -2.28. The first-order chi connectivity index (χ1) is 8.20. The molecule has 0 saturated heterocycles. The Kier molecular flexibility index (Phi) is 5.31. The third-order valence-electron chi connectivity index (χ3n) is 3.36. The Balaban J connectivity index is 2.40. The van der Waals surface area contributed by atoms with Crippen LogP contribution in [0.4, 0.5) is 4.79 Å². The third kappa shape index (κ3) is 4.66. The van der Waals surface area contributed by atoms with E-state index in [1.165, 1.54) is 0 Å². The maximum absolute atomic E-state index is 12.0. The van der Waals surface area contributed by atoms with E-state index in [1.54, 1.807) is 0 Å². The van der Waals surface area contributed by atoms with Crippen LogP contribution in [0.15, 0.2) is 0 Å². The van der Waals surface area contributed by atoms with Crippen LogP contribution >= 0.6 is 0 Å². The summed E-state index contributed by atoms with van der Waals surface area (Å²) < 4.78 is 14.8. The Morgan fingerprint density at radius 1 is 1.44 bits per heavy atom. The average molecular weight is 276 g/mol. The minimum absolute atomic E-state index is 0.0415. The van der Waals surface area contributed by atoms with E-state index in [4.69, 9.17) is 5.11 Å². The van der Waals surface area contributed by atoms with Gasteiger partial charge in [-0.3, -0.25) is 0 Å². The van der Waals surface area contributed by atoms with Crippen molar-refractivity contribution in [1.82, 2.24) is 10.0 Å². The fraction of sp³-hybridized carbons (Fsp3) is 0.917. The summed E-state index contributed by atoms with van der Waals surface area (Å²) in [6.45, 7) is 7.84. The maximum Gasteiger partial charge on any atom is 0.404 e. The lowest BCUT2D eigenvalue weighted by atomic mass is 10.0. The summed E-state index contributed by atoms with van der Waals surface area (Å²) in [5.41, 5.74) is 0. The Hall–Kier alpha value is -0.460. The molecule has 3 N–H and O–H groups in total. The molecule has 0 aromatic rings. The highest BCUT2D eigenvalue weighted by Crippen LogP contribution is 2.29. The molecular weight excluding hydrogens is 252 g/mol. The van der Waals surface area contributed by atoms with Crippen molar-refractivity contribution in [3.05, 3.63) is 0 Å². The van der Waals surface area contributed by atoms with Crippen molar-refractivity contribution >= 4 is 17.5 Å². The lowest BCUT2D eigenvalue weighted by molar-refractivity contribution is 0.189. The van der Waals surface area contributed by atoms with Crippen molar-refractivity contribution in [3.63, 3.8) is 0 Å². The molecule has 1 aliphatic rings. The quantitative estimate of drug-likeness (QED) is 0.684. The molecular formula is C12H24N2O3S. The van der Waals surface area contributed by atoms with Crippen LogP contribution in [-0.4, -0.2) is 32.6 Å². The second kappa shape index (κ2) is 6.12. The molecule has 0 aromatic carbocycles. The van der Waals surface area contributed by atoms with Gasteiger partial charge in [-0.05, 0) is 52.9 Å². The van der Waals surface area contributed by atoms with Gasteiger partial charge in [-0.15, -0.1) is 4.72 Å². The molecule has 18 heavy (non-hydrogen) atoms. The number of carbonyl (C=O) groups is 1. The van der Waals surface area contributed by atoms with Gasteiger partial charge < -0.3 is 15.0 Å². The van der Waals surface area contributed by atoms with Crippen LogP contribution in [0.5, 0.6) is 0 Å². The molecule has 5 nitrogen and oxygen atoms in total. The van der Waals surface area contributed by atoms with Crippen LogP contribution in [0, 0.1) is 5.92 Å². The van der Waals surface area contributed by atoms with E-state index < -0.39 is 17.5 Å². The minimum atomic E-state index is -1.07. The Morgan fingerprint density at radius 3 is 2.56 bits per heavy atom. The number of amides is 1. The maximum atomic E-state index is 12.0. The zero-order valence-electron chi connectivity index (χ0n) is 11.5. The highest BCUT2D eigenvalue weighted by atomic mass is 32.2. The van der Waals surface area contributed by atoms with Gasteiger partial charge in [0, 0.05) is 17.4 Å². The second-order valence-corrected chi connectivity index (χ2v) is 8.01. The molecule has 0 aromatic heterocycles. The fourth-order valence-electron chi connectivity index (χ4n) is 2.22. The molecule has 106 valence electrons. The highest BCUT2D eigenvalue weighted by Gasteiger charge is 2.34. The summed E-state index contributed by atoms with van der Waals surface area (Å²) in [7, 11) is 0. The molecule has 0 heterocycles. The highest BCUT2D eigenvalue weighted by molar-refractivity contribution is 7.90. The van der Waals surface area contributed by atoms with Crippen LogP contribution in [-0.2, 0) is 11.4 Å². The van der Waals surface area contributed by atoms with Gasteiger partial charge in [0.25, 0.3) is 0 Å². The number of carboxylic acid groups (broad SMARTS) is 1. The molecule has 1 aliphatic carbocycles. The van der Waals surface area contributed by atoms with Crippen LogP contribution in [0.1, 0.15) is 47.0 Å². The zero-order valence-corrected chi connectivity index (χ0v) is 12.3. The molecule has 1 rings (SSSR count). The number of rotatable bonds is 4. The van der Waals surface area contributed by atoms with Crippen molar-refractivity contribution < 1.29 is 14.5 Å². The summed E-state index contributed by atoms with van der Waals surface area (Å²) in [5, 5.41) is 11.2. The van der Waals surface area contributed by atoms with Crippen molar-refractivity contribution in [3.8, 4) is 0 Å². The lowest BCUT2D eigenvalue weighted by Crippen LogP contribution is -2.46. The van der Waals surface area contributed by atoms with E-state index in [1.807, 2.05) is 27.7 Å². The molecule has 1 fully saturated rings. The topological polar surface area (TPSA) is 84.4 Å². The van der Waals surface area contributed by atoms with E-state index in [-0.39, 0.29) is 16.8 Å². The summed E-state index contributed by atoms with van der Waals surface area (Å²) in [5.74, 6) is 0.383. The van der Waals surface area contributed by atoms with Crippen LogP contribution in [0.25, 0.3) is 0 Å². The zero-order chi connectivity index (χ0) is 13.9. The predicted molar refractivity (Wildman–Crippen MR) is 72.8 cm³/mol. The minimum Gasteiger partial charge on any atom is -0.598 e. The SMILES string of the molecule is CC(N[S+]([O-])C(C)(C)C)[C@@H]1CC[C@H](NC(=O)O)C1. The smallest absolute Gasteiger partial charge is 0.404 e. The number of nitrogens with one attached hydrogen (secondary N) is 2. The normalized spacial score (nSPS) is 27.8. The summed E-state index contributed by atoms with van der Waals surface area (Å²) in [6.07, 6.45) is 1.70. The molecule has 2 unspecified atom stereocenters. The van der Waals surface area contributed by atoms with Gasteiger partial charge >= 0.3 is 6.09 Å². The number of hydrogen-bond donors (Lipinski definition) is 3.